The number of aromatic nitrogens is 2. The number of H-pyrrole nitrogens is 1. The van der Waals surface area contributed by atoms with Gasteiger partial charge in [-0.1, -0.05) is 18.2 Å². The summed E-state index contributed by atoms with van der Waals surface area (Å²) in [5, 5.41) is 1.99. The van der Waals surface area contributed by atoms with Crippen LogP contribution in [0.2, 0.25) is 0 Å². The maximum Gasteiger partial charge on any atom is 0.155 e. The highest BCUT2D eigenvalue weighted by Gasteiger charge is 2.07. The van der Waals surface area contributed by atoms with Crippen molar-refractivity contribution in [3.63, 3.8) is 0 Å². The Morgan fingerprint density at radius 3 is 2.93 bits per heavy atom. The summed E-state index contributed by atoms with van der Waals surface area (Å²) in [4.78, 5) is 7.78. The Kier molecular flexibility index (Phi) is 1.99. The van der Waals surface area contributed by atoms with Crippen molar-refractivity contribution in [2.24, 2.45) is 0 Å². The van der Waals surface area contributed by atoms with E-state index in [1.54, 1.807) is 11.9 Å². The molecule has 4 heteroatoms. The lowest BCUT2D eigenvalue weighted by Crippen LogP contribution is -2.04. The maximum absolute atomic E-state index is 4.50. The fourth-order valence-electron chi connectivity index (χ4n) is 1.51. The van der Waals surface area contributed by atoms with Crippen LogP contribution in [-0.2, 0) is 0 Å². The summed E-state index contributed by atoms with van der Waals surface area (Å²) in [6.07, 6.45) is 4.01. The van der Waals surface area contributed by atoms with Crippen molar-refractivity contribution in [3.8, 4) is 0 Å². The number of para-hydroxylation sites is 2. The van der Waals surface area contributed by atoms with Crippen LogP contribution in [-0.4, -0.2) is 9.97 Å². The molecule has 1 aliphatic heterocycles. The van der Waals surface area contributed by atoms with E-state index >= 15 is 0 Å². The van der Waals surface area contributed by atoms with Crippen LogP contribution < -0.4 is 4.72 Å². The van der Waals surface area contributed by atoms with E-state index in [-0.39, 0.29) is 0 Å². The van der Waals surface area contributed by atoms with E-state index in [0.29, 0.717) is 0 Å². The van der Waals surface area contributed by atoms with Gasteiger partial charge >= 0.3 is 0 Å². The van der Waals surface area contributed by atoms with Gasteiger partial charge in [0.25, 0.3) is 0 Å². The molecule has 15 heavy (non-hydrogen) atoms. The molecule has 2 N–H and O–H groups in total. The molecular formula is C11H9N3S. The molecule has 0 saturated heterocycles. The van der Waals surface area contributed by atoms with Crippen LogP contribution in [0.1, 0.15) is 5.82 Å². The summed E-state index contributed by atoms with van der Waals surface area (Å²) in [6, 6.07) is 8.02. The first kappa shape index (κ1) is 8.61. The van der Waals surface area contributed by atoms with E-state index in [1.165, 1.54) is 0 Å². The van der Waals surface area contributed by atoms with Gasteiger partial charge in [-0.05, 0) is 35.6 Å². The monoisotopic (exact) mass is 215 g/mol. The van der Waals surface area contributed by atoms with Gasteiger partial charge in [-0.15, -0.1) is 0 Å². The summed E-state index contributed by atoms with van der Waals surface area (Å²) in [5.41, 5.74) is 3.07. The molecule has 0 saturated carbocycles. The number of nitrogens with zero attached hydrogens (tertiary/aromatic N) is 1. The molecule has 0 amide bonds. The van der Waals surface area contributed by atoms with Crippen molar-refractivity contribution in [1.29, 1.82) is 0 Å². The van der Waals surface area contributed by atoms with Gasteiger partial charge in [-0.3, -0.25) is 0 Å². The number of imidazole rings is 1. The van der Waals surface area contributed by atoms with Gasteiger partial charge in [0, 0.05) is 0 Å². The lowest BCUT2D eigenvalue weighted by Gasteiger charge is -2.07. The Labute approximate surface area is 91.4 Å². The molecule has 1 aliphatic rings. The second-order valence-electron chi connectivity index (χ2n) is 3.23. The SMILES string of the molecule is C1=CSNC(c2nc3ccccc3[nH]2)=C1. The molecule has 74 valence electrons. The van der Waals surface area contributed by atoms with Gasteiger partial charge in [0.15, 0.2) is 5.82 Å². The fourth-order valence-corrected chi connectivity index (χ4v) is 2.03. The second kappa shape index (κ2) is 3.47. The highest BCUT2D eigenvalue weighted by molar-refractivity contribution is 8.00. The van der Waals surface area contributed by atoms with Crippen molar-refractivity contribution >= 4 is 28.7 Å². The minimum Gasteiger partial charge on any atom is -0.337 e. The zero-order valence-electron chi connectivity index (χ0n) is 7.90. The first-order valence-corrected chi connectivity index (χ1v) is 5.55. The number of fused-ring (bicyclic) bond motifs is 1. The Bertz CT molecular complexity index is 521. The number of rotatable bonds is 1. The van der Waals surface area contributed by atoms with E-state index in [1.807, 2.05) is 41.8 Å². The van der Waals surface area contributed by atoms with Crippen LogP contribution in [0.3, 0.4) is 0 Å². The first-order valence-electron chi connectivity index (χ1n) is 4.67. The lowest BCUT2D eigenvalue weighted by molar-refractivity contribution is 1.21. The third-order valence-corrected chi connectivity index (χ3v) is 2.85. The Morgan fingerprint density at radius 1 is 1.20 bits per heavy atom. The average molecular weight is 215 g/mol. The van der Waals surface area contributed by atoms with Crippen LogP contribution in [0.5, 0.6) is 0 Å². The van der Waals surface area contributed by atoms with E-state index in [2.05, 4.69) is 14.7 Å². The van der Waals surface area contributed by atoms with Crippen molar-refractivity contribution in [1.82, 2.24) is 14.7 Å². The Balaban J connectivity index is 2.11. The summed E-state index contributed by atoms with van der Waals surface area (Å²) in [6.45, 7) is 0. The van der Waals surface area contributed by atoms with Crippen LogP contribution >= 0.6 is 11.9 Å². The largest absolute Gasteiger partial charge is 0.337 e. The van der Waals surface area contributed by atoms with Crippen LogP contribution in [0.4, 0.5) is 0 Å². The molecule has 1 aromatic carbocycles. The molecule has 0 spiro atoms. The van der Waals surface area contributed by atoms with Gasteiger partial charge in [0.2, 0.25) is 0 Å². The molecule has 3 nitrogen and oxygen atoms in total. The van der Waals surface area contributed by atoms with Gasteiger partial charge in [0.1, 0.15) is 0 Å². The molecule has 2 heterocycles. The lowest BCUT2D eigenvalue weighted by atomic mass is 10.3. The zero-order valence-corrected chi connectivity index (χ0v) is 8.71. The topological polar surface area (TPSA) is 40.7 Å². The number of nitrogens with one attached hydrogen (secondary N) is 2. The quantitative estimate of drug-likeness (QED) is 0.718. The summed E-state index contributed by atoms with van der Waals surface area (Å²) < 4.78 is 3.19. The van der Waals surface area contributed by atoms with Gasteiger partial charge in [-0.2, -0.15) is 0 Å². The summed E-state index contributed by atoms with van der Waals surface area (Å²) >= 11 is 1.55. The molecule has 0 aliphatic carbocycles. The van der Waals surface area contributed by atoms with Crippen LogP contribution in [0, 0.1) is 0 Å². The van der Waals surface area contributed by atoms with Crippen LogP contribution in [0.25, 0.3) is 16.7 Å². The minimum absolute atomic E-state index is 0.882. The minimum atomic E-state index is 0.882. The van der Waals surface area contributed by atoms with Crippen molar-refractivity contribution in [2.45, 2.75) is 0 Å². The number of aromatic amines is 1. The third kappa shape index (κ3) is 1.53. The zero-order chi connectivity index (χ0) is 10.1. The maximum atomic E-state index is 4.50. The molecular weight excluding hydrogens is 206 g/mol. The first-order chi connectivity index (χ1) is 7.43. The van der Waals surface area contributed by atoms with Gasteiger partial charge < -0.3 is 9.71 Å². The number of hydrogen-bond donors (Lipinski definition) is 2. The third-order valence-electron chi connectivity index (χ3n) is 2.22. The molecule has 1 aromatic heterocycles. The van der Waals surface area contributed by atoms with E-state index in [4.69, 9.17) is 0 Å². The standard InChI is InChI=1S/C11H9N3S/c1-2-5-9-8(4-1)12-11(13-9)10-6-3-7-15-14-10/h1-7,14H,(H,12,13). The van der Waals surface area contributed by atoms with E-state index in [0.717, 1.165) is 22.6 Å². The normalized spacial score (nSPS) is 15.1. The average Bonchev–Trinajstić information content (AvgIpc) is 2.74. The van der Waals surface area contributed by atoms with Crippen molar-refractivity contribution < 1.29 is 0 Å². The Morgan fingerprint density at radius 2 is 2.13 bits per heavy atom. The summed E-state index contributed by atoms with van der Waals surface area (Å²) in [7, 11) is 0. The van der Waals surface area contributed by atoms with Gasteiger partial charge in [-0.25, -0.2) is 4.98 Å². The van der Waals surface area contributed by atoms with E-state index in [9.17, 15) is 0 Å². The molecule has 3 rings (SSSR count). The second-order valence-corrected chi connectivity index (χ2v) is 3.94. The smallest absolute Gasteiger partial charge is 0.155 e. The predicted octanol–water partition coefficient (Wildman–Crippen LogP) is 2.67. The fraction of sp³-hybridized carbons (Fsp3) is 0. The number of allylic oxidation sites excluding steroid dienone is 2. The van der Waals surface area contributed by atoms with Crippen molar-refractivity contribution in [3.05, 3.63) is 47.6 Å². The van der Waals surface area contributed by atoms with E-state index < -0.39 is 0 Å². The summed E-state index contributed by atoms with van der Waals surface area (Å²) in [5.74, 6) is 0.882. The molecule has 2 aromatic rings. The molecule has 0 atom stereocenters. The highest BCUT2D eigenvalue weighted by Crippen LogP contribution is 2.19. The molecule has 0 unspecified atom stereocenters. The predicted molar refractivity (Wildman–Crippen MR) is 63.9 cm³/mol. The number of benzene rings is 1. The number of hydrogen-bond acceptors (Lipinski definition) is 3. The molecule has 0 fully saturated rings. The highest BCUT2D eigenvalue weighted by atomic mass is 32.2. The van der Waals surface area contributed by atoms with Gasteiger partial charge in [0.05, 0.1) is 16.7 Å². The van der Waals surface area contributed by atoms with Crippen LogP contribution in [0.15, 0.2) is 41.8 Å². The van der Waals surface area contributed by atoms with Crippen molar-refractivity contribution in [2.75, 3.05) is 0 Å². The molecule has 0 radical (unpaired) electrons. The molecule has 0 bridgehead atoms. The Hall–Kier alpha value is -1.68.